The fourth-order valence-electron chi connectivity index (χ4n) is 2.44. The van der Waals surface area contributed by atoms with Crippen LogP contribution in [0.3, 0.4) is 0 Å². The molecular formula is C14H18BrNO2. The fourth-order valence-corrected chi connectivity index (χ4v) is 2.79. The summed E-state index contributed by atoms with van der Waals surface area (Å²) in [5.74, 6) is -0.126. The van der Waals surface area contributed by atoms with E-state index in [-0.39, 0.29) is 12.0 Å². The number of methoxy groups -OCH3 is 1. The lowest BCUT2D eigenvalue weighted by atomic mass is 10.0. The summed E-state index contributed by atoms with van der Waals surface area (Å²) in [6.07, 6.45) is 3.10. The smallest absolute Gasteiger partial charge is 0.328 e. The molecule has 18 heavy (non-hydrogen) atoms. The molecule has 1 aliphatic heterocycles. The molecule has 2 rings (SSSR count). The molecule has 0 radical (unpaired) electrons. The molecule has 1 aliphatic rings. The topological polar surface area (TPSA) is 29.5 Å². The van der Waals surface area contributed by atoms with Gasteiger partial charge in [0, 0.05) is 17.6 Å². The number of carbonyl (C=O) groups excluding carboxylic acids is 1. The molecule has 0 aromatic heterocycles. The number of hydrogen-bond donors (Lipinski definition) is 0. The van der Waals surface area contributed by atoms with Crippen LogP contribution in [0.1, 0.15) is 24.8 Å². The van der Waals surface area contributed by atoms with E-state index < -0.39 is 0 Å². The number of hydrogen-bond acceptors (Lipinski definition) is 3. The molecule has 1 fully saturated rings. The van der Waals surface area contributed by atoms with E-state index in [2.05, 4.69) is 39.0 Å². The molecule has 1 atom stereocenters. The molecule has 4 heteroatoms. The zero-order chi connectivity index (χ0) is 13.0. The number of ether oxygens (including phenoxy) is 1. The largest absolute Gasteiger partial charge is 0.467 e. The van der Waals surface area contributed by atoms with E-state index in [9.17, 15) is 4.79 Å². The van der Waals surface area contributed by atoms with Crippen molar-refractivity contribution in [3.63, 3.8) is 0 Å². The Morgan fingerprint density at radius 3 is 3.06 bits per heavy atom. The SMILES string of the molecule is COC(=O)[C@H]1CCCCN1c1cccc(CBr)c1. The molecule has 0 saturated carbocycles. The van der Waals surface area contributed by atoms with E-state index in [0.29, 0.717) is 0 Å². The van der Waals surface area contributed by atoms with E-state index in [0.717, 1.165) is 36.8 Å². The van der Waals surface area contributed by atoms with Gasteiger partial charge >= 0.3 is 5.97 Å². The second-order valence-corrected chi connectivity index (χ2v) is 5.09. The summed E-state index contributed by atoms with van der Waals surface area (Å²) in [6.45, 7) is 0.922. The molecule has 1 aromatic carbocycles. The summed E-state index contributed by atoms with van der Waals surface area (Å²) in [5.41, 5.74) is 2.34. The van der Waals surface area contributed by atoms with Gasteiger partial charge in [0.2, 0.25) is 0 Å². The molecule has 0 bridgehead atoms. The third-order valence-electron chi connectivity index (χ3n) is 3.37. The molecule has 0 aliphatic carbocycles. The van der Waals surface area contributed by atoms with Gasteiger partial charge in [-0.3, -0.25) is 0 Å². The zero-order valence-electron chi connectivity index (χ0n) is 10.6. The van der Waals surface area contributed by atoms with E-state index in [1.54, 1.807) is 0 Å². The summed E-state index contributed by atoms with van der Waals surface area (Å²) in [7, 11) is 1.46. The third kappa shape index (κ3) is 2.86. The van der Waals surface area contributed by atoms with Crippen molar-refractivity contribution in [3.8, 4) is 0 Å². The first-order chi connectivity index (χ1) is 8.76. The molecule has 0 spiro atoms. The third-order valence-corrected chi connectivity index (χ3v) is 4.02. The minimum absolute atomic E-state index is 0.126. The highest BCUT2D eigenvalue weighted by atomic mass is 79.9. The van der Waals surface area contributed by atoms with Gasteiger partial charge in [-0.1, -0.05) is 28.1 Å². The van der Waals surface area contributed by atoms with Crippen LogP contribution in [0.15, 0.2) is 24.3 Å². The lowest BCUT2D eigenvalue weighted by Crippen LogP contribution is -2.45. The van der Waals surface area contributed by atoms with Crippen molar-refractivity contribution in [1.29, 1.82) is 0 Å². The van der Waals surface area contributed by atoms with Gasteiger partial charge in [0.25, 0.3) is 0 Å². The summed E-state index contributed by atoms with van der Waals surface area (Å²) >= 11 is 3.46. The number of piperidine rings is 1. The van der Waals surface area contributed by atoms with Crippen molar-refractivity contribution in [2.45, 2.75) is 30.6 Å². The van der Waals surface area contributed by atoms with Crippen molar-refractivity contribution in [3.05, 3.63) is 29.8 Å². The molecule has 1 saturated heterocycles. The molecule has 1 aromatic rings. The Labute approximate surface area is 116 Å². The van der Waals surface area contributed by atoms with E-state index in [4.69, 9.17) is 4.74 Å². The van der Waals surface area contributed by atoms with Crippen LogP contribution in [0.4, 0.5) is 5.69 Å². The number of halogens is 1. The summed E-state index contributed by atoms with van der Waals surface area (Å²) in [4.78, 5) is 14.0. The van der Waals surface area contributed by atoms with Crippen LogP contribution in [0, 0.1) is 0 Å². The average molecular weight is 312 g/mol. The molecule has 3 nitrogen and oxygen atoms in total. The van der Waals surface area contributed by atoms with E-state index in [1.165, 1.54) is 12.7 Å². The monoisotopic (exact) mass is 311 g/mol. The van der Waals surface area contributed by atoms with Gasteiger partial charge in [-0.25, -0.2) is 4.79 Å². The van der Waals surface area contributed by atoms with Crippen molar-refractivity contribution >= 4 is 27.6 Å². The Morgan fingerprint density at radius 1 is 1.50 bits per heavy atom. The van der Waals surface area contributed by atoms with Gasteiger partial charge < -0.3 is 9.64 Å². The minimum Gasteiger partial charge on any atom is -0.467 e. The van der Waals surface area contributed by atoms with Crippen LogP contribution < -0.4 is 4.90 Å². The molecule has 0 N–H and O–H groups in total. The van der Waals surface area contributed by atoms with Crippen molar-refractivity contribution < 1.29 is 9.53 Å². The Hall–Kier alpha value is -1.03. The average Bonchev–Trinajstić information content (AvgIpc) is 2.46. The molecule has 98 valence electrons. The summed E-state index contributed by atoms with van der Waals surface area (Å²) in [6, 6.07) is 8.18. The number of carbonyl (C=O) groups is 1. The van der Waals surface area contributed by atoms with Gasteiger partial charge in [0.05, 0.1) is 7.11 Å². The highest BCUT2D eigenvalue weighted by molar-refractivity contribution is 9.08. The second-order valence-electron chi connectivity index (χ2n) is 4.53. The number of rotatable bonds is 3. The van der Waals surface area contributed by atoms with Gasteiger partial charge in [-0.2, -0.15) is 0 Å². The fraction of sp³-hybridized carbons (Fsp3) is 0.500. The van der Waals surface area contributed by atoms with Crippen LogP contribution in [-0.4, -0.2) is 25.7 Å². The molecule has 0 unspecified atom stereocenters. The van der Waals surface area contributed by atoms with Crippen LogP contribution in [0.5, 0.6) is 0 Å². The molecular weight excluding hydrogens is 294 g/mol. The van der Waals surface area contributed by atoms with Crippen molar-refractivity contribution in [2.24, 2.45) is 0 Å². The Balaban J connectivity index is 2.24. The number of esters is 1. The summed E-state index contributed by atoms with van der Waals surface area (Å²) in [5, 5.41) is 0.831. The van der Waals surface area contributed by atoms with Gasteiger partial charge in [-0.05, 0) is 37.0 Å². The Morgan fingerprint density at radius 2 is 2.33 bits per heavy atom. The zero-order valence-corrected chi connectivity index (χ0v) is 12.1. The van der Waals surface area contributed by atoms with Gasteiger partial charge in [0.15, 0.2) is 0 Å². The molecule has 1 heterocycles. The lowest BCUT2D eigenvalue weighted by molar-refractivity contribution is -0.142. The van der Waals surface area contributed by atoms with Gasteiger partial charge in [0.1, 0.15) is 6.04 Å². The van der Waals surface area contributed by atoms with E-state index in [1.807, 2.05) is 6.07 Å². The first-order valence-electron chi connectivity index (χ1n) is 6.25. The number of anilines is 1. The highest BCUT2D eigenvalue weighted by Gasteiger charge is 2.29. The van der Waals surface area contributed by atoms with Crippen molar-refractivity contribution in [1.82, 2.24) is 0 Å². The quantitative estimate of drug-likeness (QED) is 0.634. The maximum Gasteiger partial charge on any atom is 0.328 e. The first-order valence-corrected chi connectivity index (χ1v) is 7.38. The minimum atomic E-state index is -0.130. The normalized spacial score (nSPS) is 19.7. The van der Waals surface area contributed by atoms with Crippen molar-refractivity contribution in [2.75, 3.05) is 18.6 Å². The van der Waals surface area contributed by atoms with Gasteiger partial charge in [-0.15, -0.1) is 0 Å². The van der Waals surface area contributed by atoms with E-state index >= 15 is 0 Å². The first kappa shape index (κ1) is 13.4. The number of nitrogens with zero attached hydrogens (tertiary/aromatic N) is 1. The number of alkyl halides is 1. The van der Waals surface area contributed by atoms with Crippen LogP contribution in [0.2, 0.25) is 0 Å². The maximum atomic E-state index is 11.8. The lowest BCUT2D eigenvalue weighted by Gasteiger charge is -2.35. The Bertz CT molecular complexity index is 422. The Kier molecular flexibility index (Phi) is 4.64. The maximum absolute atomic E-state index is 11.8. The number of benzene rings is 1. The predicted octanol–water partition coefficient (Wildman–Crippen LogP) is 3.11. The van der Waals surface area contributed by atoms with Crippen LogP contribution >= 0.6 is 15.9 Å². The predicted molar refractivity (Wildman–Crippen MR) is 76.1 cm³/mol. The molecule has 0 amide bonds. The second kappa shape index (κ2) is 6.23. The van der Waals surface area contributed by atoms with Crippen LogP contribution in [-0.2, 0) is 14.9 Å². The summed E-state index contributed by atoms with van der Waals surface area (Å²) < 4.78 is 4.91. The highest BCUT2D eigenvalue weighted by Crippen LogP contribution is 2.26. The standard InChI is InChI=1S/C14H18BrNO2/c1-18-14(17)13-7-2-3-8-16(13)12-6-4-5-11(9-12)10-15/h4-6,9,13H,2-3,7-8,10H2,1H3/t13-/m1/s1. The van der Waals surface area contributed by atoms with Crippen LogP contribution in [0.25, 0.3) is 0 Å².